The second-order valence-corrected chi connectivity index (χ2v) is 5.32. The average molecular weight is 313 g/mol. The van der Waals surface area contributed by atoms with Crippen LogP contribution >= 0.6 is 15.9 Å². The first-order valence-electron chi connectivity index (χ1n) is 6.15. The van der Waals surface area contributed by atoms with Crippen molar-refractivity contribution in [1.82, 2.24) is 9.97 Å². The summed E-state index contributed by atoms with van der Waals surface area (Å²) >= 11 is 3.44. The zero-order valence-corrected chi connectivity index (χ0v) is 11.9. The normalized spacial score (nSPS) is 10.6. The van der Waals surface area contributed by atoms with E-state index >= 15 is 0 Å². The number of hydrogen-bond acceptors (Lipinski definition) is 1. The van der Waals surface area contributed by atoms with E-state index in [9.17, 15) is 0 Å². The molecule has 0 aliphatic rings. The number of aromatic amines is 1. The van der Waals surface area contributed by atoms with Gasteiger partial charge in [-0.3, -0.25) is 0 Å². The van der Waals surface area contributed by atoms with Crippen LogP contribution in [0.25, 0.3) is 11.3 Å². The molecule has 3 rings (SSSR count). The van der Waals surface area contributed by atoms with Crippen molar-refractivity contribution in [2.45, 2.75) is 6.42 Å². The van der Waals surface area contributed by atoms with Gasteiger partial charge >= 0.3 is 0 Å². The van der Waals surface area contributed by atoms with E-state index in [2.05, 4.69) is 62.3 Å². The third-order valence-electron chi connectivity index (χ3n) is 2.99. The number of aromatic nitrogens is 2. The van der Waals surface area contributed by atoms with E-state index in [0.29, 0.717) is 0 Å². The van der Waals surface area contributed by atoms with Crippen LogP contribution in [0.5, 0.6) is 0 Å². The lowest BCUT2D eigenvalue weighted by Gasteiger charge is -1.98. The largest absolute Gasteiger partial charge is 0.348 e. The molecule has 0 atom stereocenters. The van der Waals surface area contributed by atoms with Gasteiger partial charge in [-0.25, -0.2) is 4.98 Å². The Balaban J connectivity index is 1.80. The lowest BCUT2D eigenvalue weighted by molar-refractivity contribution is 1.03. The minimum Gasteiger partial charge on any atom is -0.348 e. The maximum absolute atomic E-state index is 4.63. The Hall–Kier alpha value is -1.87. The molecule has 0 aliphatic carbocycles. The van der Waals surface area contributed by atoms with Crippen LogP contribution in [0.2, 0.25) is 0 Å². The Kier molecular flexibility index (Phi) is 3.47. The van der Waals surface area contributed by atoms with Gasteiger partial charge in [0.05, 0.1) is 5.69 Å². The van der Waals surface area contributed by atoms with Crippen LogP contribution in [0.3, 0.4) is 0 Å². The van der Waals surface area contributed by atoms with E-state index in [-0.39, 0.29) is 0 Å². The number of halogens is 1. The van der Waals surface area contributed by atoms with Crippen LogP contribution in [0.15, 0.2) is 65.3 Å². The predicted octanol–water partition coefficient (Wildman–Crippen LogP) is 4.43. The number of hydrogen-bond donors (Lipinski definition) is 1. The Morgan fingerprint density at radius 1 is 0.947 bits per heavy atom. The lowest BCUT2D eigenvalue weighted by Crippen LogP contribution is -1.90. The summed E-state index contributed by atoms with van der Waals surface area (Å²) < 4.78 is 1.10. The van der Waals surface area contributed by atoms with Gasteiger partial charge < -0.3 is 4.98 Å². The molecule has 3 aromatic rings. The molecule has 0 spiro atoms. The first-order chi connectivity index (χ1) is 9.31. The molecule has 19 heavy (non-hydrogen) atoms. The smallest absolute Gasteiger partial charge is 0.111 e. The number of nitrogens with one attached hydrogen (secondary N) is 1. The lowest BCUT2D eigenvalue weighted by atomic mass is 10.1. The Bertz CT molecular complexity index is 657. The van der Waals surface area contributed by atoms with Crippen molar-refractivity contribution in [1.29, 1.82) is 0 Å². The van der Waals surface area contributed by atoms with E-state index < -0.39 is 0 Å². The maximum atomic E-state index is 4.63. The molecule has 1 heterocycles. The second-order valence-electron chi connectivity index (χ2n) is 4.40. The molecule has 3 heteroatoms. The fourth-order valence-electron chi connectivity index (χ4n) is 2.00. The minimum absolute atomic E-state index is 0.820. The van der Waals surface area contributed by atoms with E-state index in [1.807, 2.05) is 24.4 Å². The number of nitrogens with zero attached hydrogens (tertiary/aromatic N) is 1. The number of benzene rings is 2. The topological polar surface area (TPSA) is 28.7 Å². The van der Waals surface area contributed by atoms with Crippen LogP contribution < -0.4 is 0 Å². The number of rotatable bonds is 3. The molecule has 94 valence electrons. The van der Waals surface area contributed by atoms with E-state index in [4.69, 9.17) is 0 Å². The third-order valence-corrected chi connectivity index (χ3v) is 3.51. The third kappa shape index (κ3) is 2.93. The predicted molar refractivity (Wildman–Crippen MR) is 81.0 cm³/mol. The molecular formula is C16H13BrN2. The van der Waals surface area contributed by atoms with Gasteiger partial charge in [-0.05, 0) is 17.7 Å². The summed E-state index contributed by atoms with van der Waals surface area (Å²) in [6.45, 7) is 0. The maximum Gasteiger partial charge on any atom is 0.111 e. The first-order valence-corrected chi connectivity index (χ1v) is 6.95. The first kappa shape index (κ1) is 12.2. The fraction of sp³-hybridized carbons (Fsp3) is 0.0625. The number of imidazole rings is 1. The molecule has 1 N–H and O–H groups in total. The van der Waals surface area contributed by atoms with Crippen LogP contribution in [0, 0.1) is 0 Å². The summed E-state index contributed by atoms with van der Waals surface area (Å²) in [6, 6.07) is 18.5. The second kappa shape index (κ2) is 5.41. The highest BCUT2D eigenvalue weighted by Gasteiger charge is 2.04. The molecule has 0 unspecified atom stereocenters. The van der Waals surface area contributed by atoms with Gasteiger partial charge in [-0.1, -0.05) is 58.4 Å². The van der Waals surface area contributed by atoms with E-state index in [1.165, 1.54) is 5.56 Å². The zero-order valence-electron chi connectivity index (χ0n) is 10.3. The highest BCUT2D eigenvalue weighted by atomic mass is 79.9. The van der Waals surface area contributed by atoms with Gasteiger partial charge in [0.2, 0.25) is 0 Å². The highest BCUT2D eigenvalue weighted by Crippen LogP contribution is 2.18. The Morgan fingerprint density at radius 2 is 1.68 bits per heavy atom. The monoisotopic (exact) mass is 312 g/mol. The molecule has 0 aliphatic heterocycles. The van der Waals surface area contributed by atoms with Crippen molar-refractivity contribution in [3.8, 4) is 11.3 Å². The Labute approximate surface area is 120 Å². The standard InChI is InChI=1S/C16H13BrN2/c17-14-8-6-12(7-9-14)10-16-18-11-15(19-16)13-4-2-1-3-5-13/h1-9,11H,10H2,(H,18,19). The molecule has 2 nitrogen and oxygen atoms in total. The van der Waals surface area contributed by atoms with Gasteiger partial charge in [-0.2, -0.15) is 0 Å². The van der Waals surface area contributed by atoms with Gasteiger partial charge in [0.25, 0.3) is 0 Å². The zero-order chi connectivity index (χ0) is 13.1. The van der Waals surface area contributed by atoms with Crippen molar-refractivity contribution >= 4 is 15.9 Å². The molecule has 1 aromatic heterocycles. The van der Waals surface area contributed by atoms with Crippen molar-refractivity contribution in [3.05, 3.63) is 76.7 Å². The summed E-state index contributed by atoms with van der Waals surface area (Å²) in [4.78, 5) is 7.88. The molecule has 0 amide bonds. The van der Waals surface area contributed by atoms with Crippen LogP contribution in [-0.2, 0) is 6.42 Å². The molecule has 2 aromatic carbocycles. The summed E-state index contributed by atoms with van der Waals surface area (Å²) in [5, 5.41) is 0. The SMILES string of the molecule is Brc1ccc(Cc2nc(-c3ccccc3)c[nH]2)cc1. The number of H-pyrrole nitrogens is 1. The summed E-state index contributed by atoms with van der Waals surface area (Å²) in [5.74, 6) is 0.987. The van der Waals surface area contributed by atoms with E-state index in [1.54, 1.807) is 0 Å². The van der Waals surface area contributed by atoms with E-state index in [0.717, 1.165) is 28.0 Å². The molecule has 0 bridgehead atoms. The van der Waals surface area contributed by atoms with Gasteiger partial charge in [0.15, 0.2) is 0 Å². The van der Waals surface area contributed by atoms with Crippen LogP contribution in [-0.4, -0.2) is 9.97 Å². The summed E-state index contributed by atoms with van der Waals surface area (Å²) in [5.41, 5.74) is 3.38. The molecule has 0 radical (unpaired) electrons. The molecule has 0 saturated carbocycles. The fourth-order valence-corrected chi connectivity index (χ4v) is 2.27. The summed E-state index contributed by atoms with van der Waals surface area (Å²) in [7, 11) is 0. The summed E-state index contributed by atoms with van der Waals surface area (Å²) in [6.07, 6.45) is 2.78. The van der Waals surface area contributed by atoms with Crippen molar-refractivity contribution in [2.75, 3.05) is 0 Å². The van der Waals surface area contributed by atoms with Crippen molar-refractivity contribution in [2.24, 2.45) is 0 Å². The molecule has 0 fully saturated rings. The average Bonchev–Trinajstić information content (AvgIpc) is 2.91. The van der Waals surface area contributed by atoms with Gasteiger partial charge in [0.1, 0.15) is 5.82 Å². The minimum atomic E-state index is 0.820. The van der Waals surface area contributed by atoms with Crippen molar-refractivity contribution < 1.29 is 0 Å². The van der Waals surface area contributed by atoms with Crippen LogP contribution in [0.4, 0.5) is 0 Å². The van der Waals surface area contributed by atoms with Gasteiger partial charge in [0, 0.05) is 22.7 Å². The van der Waals surface area contributed by atoms with Gasteiger partial charge in [-0.15, -0.1) is 0 Å². The quantitative estimate of drug-likeness (QED) is 0.761. The van der Waals surface area contributed by atoms with Crippen molar-refractivity contribution in [3.63, 3.8) is 0 Å². The molecule has 0 saturated heterocycles. The highest BCUT2D eigenvalue weighted by molar-refractivity contribution is 9.10. The Morgan fingerprint density at radius 3 is 2.42 bits per heavy atom. The van der Waals surface area contributed by atoms with Crippen LogP contribution in [0.1, 0.15) is 11.4 Å². The molecular weight excluding hydrogens is 300 g/mol.